The first-order valence-electron chi connectivity index (χ1n) is 6.74. The molecule has 0 amide bonds. The number of ether oxygens (including phenoxy) is 2. The summed E-state index contributed by atoms with van der Waals surface area (Å²) in [5, 5.41) is 0. The van der Waals surface area contributed by atoms with E-state index in [1.807, 2.05) is 0 Å². The Labute approximate surface area is 127 Å². The van der Waals surface area contributed by atoms with E-state index in [4.69, 9.17) is 9.47 Å². The molecule has 0 saturated carbocycles. The number of hydrogen-bond donors (Lipinski definition) is 2. The van der Waals surface area contributed by atoms with Crippen LogP contribution in [0.25, 0.3) is 0 Å². The van der Waals surface area contributed by atoms with Gasteiger partial charge in [0.15, 0.2) is 6.23 Å². The van der Waals surface area contributed by atoms with Crippen molar-refractivity contribution in [2.24, 2.45) is 0 Å². The first-order valence-corrected chi connectivity index (χ1v) is 8.80. The van der Waals surface area contributed by atoms with Gasteiger partial charge in [-0.1, -0.05) is 0 Å². The van der Waals surface area contributed by atoms with Crippen molar-refractivity contribution in [1.82, 2.24) is 14.2 Å². The molecule has 1 aromatic heterocycles. The lowest BCUT2D eigenvalue weighted by atomic mass is 10.3. The minimum atomic E-state index is -3.49. The molecule has 1 aromatic rings. The third kappa shape index (κ3) is 3.74. The quantitative estimate of drug-likeness (QED) is 0.714. The minimum Gasteiger partial charge on any atom is -0.382 e. The highest BCUT2D eigenvalue weighted by molar-refractivity contribution is 7.54. The number of nitrogens with zero attached hydrogens (tertiary/aromatic N) is 2. The Kier molecular flexibility index (Phi) is 5.03. The van der Waals surface area contributed by atoms with E-state index in [0.29, 0.717) is 5.56 Å². The highest BCUT2D eigenvalue weighted by Gasteiger charge is 2.35. The molecular weight excluding hydrogens is 313 g/mol. The van der Waals surface area contributed by atoms with Gasteiger partial charge in [0.25, 0.3) is 13.1 Å². The first kappa shape index (κ1) is 17.1. The Morgan fingerprint density at radius 3 is 2.77 bits per heavy atom. The monoisotopic (exact) mass is 333 g/mol. The molecule has 1 aliphatic rings. The van der Waals surface area contributed by atoms with E-state index in [0.717, 1.165) is 0 Å². The largest absolute Gasteiger partial charge is 0.382 e. The fraction of sp³-hybridized carbons (Fsp3) is 0.667. The highest BCUT2D eigenvalue weighted by atomic mass is 31.2. The second kappa shape index (κ2) is 6.47. The molecule has 0 aromatic carbocycles. The van der Waals surface area contributed by atoms with Crippen LogP contribution in [0.2, 0.25) is 0 Å². The Balaban J connectivity index is 2.36. The van der Waals surface area contributed by atoms with E-state index < -0.39 is 31.1 Å². The van der Waals surface area contributed by atoms with Crippen molar-refractivity contribution in [3.05, 3.63) is 32.6 Å². The van der Waals surface area contributed by atoms with Gasteiger partial charge in [-0.2, -0.15) is 0 Å². The van der Waals surface area contributed by atoms with Gasteiger partial charge in [0.05, 0.1) is 19.3 Å². The van der Waals surface area contributed by atoms with E-state index in [-0.39, 0.29) is 19.7 Å². The van der Waals surface area contributed by atoms with Crippen LogP contribution < -0.4 is 11.2 Å². The summed E-state index contributed by atoms with van der Waals surface area (Å²) >= 11 is 0. The molecule has 1 fully saturated rings. The molecule has 1 unspecified atom stereocenters. The maximum absolute atomic E-state index is 12.0. The molecule has 0 bridgehead atoms. The Morgan fingerprint density at radius 1 is 1.50 bits per heavy atom. The lowest BCUT2D eigenvalue weighted by molar-refractivity contribution is -0.125. The van der Waals surface area contributed by atoms with Gasteiger partial charge in [-0.15, -0.1) is 0 Å². The molecule has 0 spiro atoms. The Bertz CT molecular complexity index is 693. The van der Waals surface area contributed by atoms with Crippen molar-refractivity contribution in [3.8, 4) is 0 Å². The molecule has 3 atom stereocenters. The van der Waals surface area contributed by atoms with Crippen LogP contribution in [0.5, 0.6) is 0 Å². The lowest BCUT2D eigenvalue weighted by Gasteiger charge is -2.39. The topological polar surface area (TPSA) is 114 Å². The number of H-pyrrole nitrogens is 1. The molecule has 2 rings (SSSR count). The molecule has 1 saturated heterocycles. The van der Waals surface area contributed by atoms with Crippen LogP contribution in [0.4, 0.5) is 0 Å². The summed E-state index contributed by atoms with van der Waals surface area (Å²) in [5.74, 6) is 0. The fourth-order valence-corrected chi connectivity index (χ4v) is 3.26. The molecule has 2 N–H and O–H groups in total. The maximum Gasteiger partial charge on any atom is 0.330 e. The summed E-state index contributed by atoms with van der Waals surface area (Å²) in [4.78, 5) is 35.4. The summed E-state index contributed by atoms with van der Waals surface area (Å²) < 4.78 is 25.3. The van der Waals surface area contributed by atoms with Crippen LogP contribution in [0.3, 0.4) is 0 Å². The van der Waals surface area contributed by atoms with Crippen LogP contribution in [-0.4, -0.2) is 58.7 Å². The summed E-state index contributed by atoms with van der Waals surface area (Å²) in [6, 6.07) is 0. The number of aryl methyl sites for hydroxylation is 1. The molecule has 2 heterocycles. The predicted octanol–water partition coefficient (Wildman–Crippen LogP) is -0.494. The van der Waals surface area contributed by atoms with E-state index in [1.54, 1.807) is 6.92 Å². The zero-order valence-corrected chi connectivity index (χ0v) is 13.6. The Morgan fingerprint density at radius 2 is 2.18 bits per heavy atom. The molecule has 22 heavy (non-hydrogen) atoms. The summed E-state index contributed by atoms with van der Waals surface area (Å²) in [6.07, 6.45) is 0.151. The van der Waals surface area contributed by atoms with Crippen LogP contribution in [0.15, 0.2) is 15.8 Å². The first-order chi connectivity index (χ1) is 10.2. The average molecular weight is 333 g/mol. The van der Waals surface area contributed by atoms with Gasteiger partial charge in [0, 0.05) is 32.1 Å². The maximum atomic E-state index is 12.0. The molecule has 9 nitrogen and oxygen atoms in total. The van der Waals surface area contributed by atoms with Crippen molar-refractivity contribution in [2.75, 3.05) is 33.5 Å². The van der Waals surface area contributed by atoms with Gasteiger partial charge >= 0.3 is 5.69 Å². The van der Waals surface area contributed by atoms with Crippen molar-refractivity contribution in [2.45, 2.75) is 19.3 Å². The number of hydrogen-bond acceptors (Lipinski definition) is 5. The second-order valence-electron chi connectivity index (χ2n) is 5.35. The van der Waals surface area contributed by atoms with E-state index in [9.17, 15) is 19.0 Å². The van der Waals surface area contributed by atoms with Crippen molar-refractivity contribution in [3.63, 3.8) is 0 Å². The van der Waals surface area contributed by atoms with Crippen LogP contribution in [-0.2, 0) is 14.0 Å². The van der Waals surface area contributed by atoms with Gasteiger partial charge < -0.3 is 14.4 Å². The van der Waals surface area contributed by atoms with Gasteiger partial charge in [-0.25, -0.2) is 9.46 Å². The zero-order valence-electron chi connectivity index (χ0n) is 12.7. The highest BCUT2D eigenvalue weighted by Crippen LogP contribution is 2.43. The van der Waals surface area contributed by atoms with Crippen molar-refractivity contribution in [1.29, 1.82) is 0 Å². The van der Waals surface area contributed by atoms with Crippen molar-refractivity contribution >= 4 is 7.52 Å². The molecule has 1 aliphatic heterocycles. The normalized spacial score (nSPS) is 25.8. The van der Waals surface area contributed by atoms with Crippen LogP contribution in [0, 0.1) is 6.92 Å². The summed E-state index contributed by atoms with van der Waals surface area (Å²) in [6.45, 7) is 3.32. The lowest BCUT2D eigenvalue weighted by Crippen LogP contribution is -2.48. The number of morpholine rings is 1. The third-order valence-electron chi connectivity index (χ3n) is 3.46. The third-order valence-corrected chi connectivity index (χ3v) is 4.84. The second-order valence-corrected chi connectivity index (χ2v) is 7.59. The molecule has 124 valence electrons. The van der Waals surface area contributed by atoms with E-state index in [1.165, 1.54) is 29.2 Å². The van der Waals surface area contributed by atoms with Gasteiger partial charge in [-0.3, -0.25) is 18.9 Å². The smallest absolute Gasteiger partial charge is 0.330 e. The molecule has 10 heteroatoms. The van der Waals surface area contributed by atoms with Crippen LogP contribution in [0.1, 0.15) is 11.8 Å². The SMILES string of the molecule is COC[C@@H]1CN(P(C)(=O)O)C[C@H](n2cc(C)c(=O)[nH]c2=O)O1. The van der Waals surface area contributed by atoms with E-state index in [2.05, 4.69) is 4.98 Å². The minimum absolute atomic E-state index is 0.0654. The number of aromatic amines is 1. The Hall–Kier alpha value is -1.25. The standard InChI is InChI=1S/C12H20N3O6P/c1-8-4-15(12(17)13-11(8)16)10-6-14(22(3,18)19)5-9(21-10)7-20-2/h4,9-10H,5-7H2,1-3H3,(H,18,19)(H,13,16,17)/t9-,10+/m0/s1. The molecule has 0 radical (unpaired) electrons. The fourth-order valence-electron chi connectivity index (χ4n) is 2.33. The number of aromatic nitrogens is 2. The zero-order chi connectivity index (χ0) is 16.5. The predicted molar refractivity (Wildman–Crippen MR) is 79.2 cm³/mol. The van der Waals surface area contributed by atoms with Crippen molar-refractivity contribution < 1.29 is 18.9 Å². The number of methoxy groups -OCH3 is 1. The number of rotatable bonds is 4. The van der Waals surface area contributed by atoms with Gasteiger partial charge in [-0.05, 0) is 6.92 Å². The summed E-state index contributed by atoms with van der Waals surface area (Å²) in [7, 11) is -1.99. The average Bonchev–Trinajstić information content (AvgIpc) is 2.42. The van der Waals surface area contributed by atoms with Gasteiger partial charge in [0.1, 0.15) is 0 Å². The molecule has 0 aliphatic carbocycles. The molecular formula is C12H20N3O6P. The van der Waals surface area contributed by atoms with Gasteiger partial charge in [0.2, 0.25) is 0 Å². The number of nitrogens with one attached hydrogen (secondary N) is 1. The van der Waals surface area contributed by atoms with E-state index >= 15 is 0 Å². The van der Waals surface area contributed by atoms with Crippen LogP contribution >= 0.6 is 7.52 Å². The summed E-state index contributed by atoms with van der Waals surface area (Å²) in [5.41, 5.74) is -0.736.